The molecule has 0 aromatic carbocycles. The first-order chi connectivity index (χ1) is 6.65. The van der Waals surface area contributed by atoms with E-state index in [2.05, 4.69) is 4.74 Å². The van der Waals surface area contributed by atoms with E-state index in [4.69, 9.17) is 9.52 Å². The van der Waals surface area contributed by atoms with Crippen LogP contribution < -0.4 is 0 Å². The molecule has 1 rings (SSSR count). The molecule has 1 aromatic rings. The van der Waals surface area contributed by atoms with Crippen LogP contribution in [0.1, 0.15) is 36.1 Å². The first-order valence-corrected chi connectivity index (χ1v) is 4.53. The van der Waals surface area contributed by atoms with Gasteiger partial charge in [-0.25, -0.2) is 4.79 Å². The quantitative estimate of drug-likeness (QED) is 0.746. The molecule has 1 aromatic heterocycles. The second-order valence-electron chi connectivity index (χ2n) is 3.22. The van der Waals surface area contributed by atoms with Gasteiger partial charge < -0.3 is 14.3 Å². The summed E-state index contributed by atoms with van der Waals surface area (Å²) in [6.07, 6.45) is 0. The number of aliphatic hydroxyl groups excluding tert-OH is 1. The Bertz CT molecular complexity index is 301. The van der Waals surface area contributed by atoms with Crippen LogP contribution >= 0.6 is 0 Å². The zero-order valence-corrected chi connectivity index (χ0v) is 8.32. The van der Waals surface area contributed by atoms with Gasteiger partial charge in [-0.2, -0.15) is 0 Å². The molecule has 0 bridgehead atoms. The van der Waals surface area contributed by atoms with Crippen molar-refractivity contribution in [1.29, 1.82) is 0 Å². The summed E-state index contributed by atoms with van der Waals surface area (Å²) in [6.45, 7) is 3.77. The van der Waals surface area contributed by atoms with E-state index in [0.717, 1.165) is 5.76 Å². The number of esters is 1. The summed E-state index contributed by atoms with van der Waals surface area (Å²) >= 11 is 0. The molecule has 0 aliphatic heterocycles. The third kappa shape index (κ3) is 2.60. The van der Waals surface area contributed by atoms with Crippen molar-refractivity contribution in [2.75, 3.05) is 13.2 Å². The van der Waals surface area contributed by atoms with Gasteiger partial charge in [-0.05, 0) is 12.1 Å². The van der Waals surface area contributed by atoms with E-state index in [9.17, 15) is 4.79 Å². The number of furan rings is 1. The molecule has 0 fully saturated rings. The molecule has 4 heteroatoms. The van der Waals surface area contributed by atoms with E-state index in [1.165, 1.54) is 0 Å². The maximum absolute atomic E-state index is 11.2. The molecule has 0 atom stereocenters. The SMILES string of the molecule is CC(C)c1ccc(C(=O)OCCO)o1. The van der Waals surface area contributed by atoms with Crippen LogP contribution in [0, 0.1) is 0 Å². The fourth-order valence-corrected chi connectivity index (χ4v) is 0.982. The van der Waals surface area contributed by atoms with Gasteiger partial charge in [0.25, 0.3) is 0 Å². The molecule has 78 valence electrons. The van der Waals surface area contributed by atoms with E-state index < -0.39 is 5.97 Å². The zero-order chi connectivity index (χ0) is 10.6. The average molecular weight is 198 g/mol. The predicted octanol–water partition coefficient (Wildman–Crippen LogP) is 1.55. The lowest BCUT2D eigenvalue weighted by Gasteiger charge is -2.00. The maximum Gasteiger partial charge on any atom is 0.374 e. The lowest BCUT2D eigenvalue weighted by molar-refractivity contribution is 0.0396. The molecule has 0 radical (unpaired) electrons. The highest BCUT2D eigenvalue weighted by atomic mass is 16.6. The van der Waals surface area contributed by atoms with Gasteiger partial charge in [0.15, 0.2) is 0 Å². The molecule has 1 heterocycles. The summed E-state index contributed by atoms with van der Waals surface area (Å²) in [7, 11) is 0. The second kappa shape index (κ2) is 4.81. The van der Waals surface area contributed by atoms with Crippen LogP contribution in [0.5, 0.6) is 0 Å². The standard InChI is InChI=1S/C10H14O4/c1-7(2)8-3-4-9(14-8)10(12)13-6-5-11/h3-4,7,11H,5-6H2,1-2H3. The maximum atomic E-state index is 11.2. The Labute approximate surface area is 82.5 Å². The monoisotopic (exact) mass is 198 g/mol. The first kappa shape index (κ1) is 10.8. The van der Waals surface area contributed by atoms with E-state index in [1.807, 2.05) is 13.8 Å². The molecule has 0 amide bonds. The van der Waals surface area contributed by atoms with Gasteiger partial charge in [-0.15, -0.1) is 0 Å². The fraction of sp³-hybridized carbons (Fsp3) is 0.500. The van der Waals surface area contributed by atoms with Crippen molar-refractivity contribution in [1.82, 2.24) is 0 Å². The summed E-state index contributed by atoms with van der Waals surface area (Å²) < 4.78 is 9.94. The summed E-state index contributed by atoms with van der Waals surface area (Å²) in [5.74, 6) is 0.642. The summed E-state index contributed by atoms with van der Waals surface area (Å²) in [5, 5.41) is 8.45. The van der Waals surface area contributed by atoms with Gasteiger partial charge in [-0.3, -0.25) is 0 Å². The number of carbonyl (C=O) groups is 1. The largest absolute Gasteiger partial charge is 0.457 e. The van der Waals surface area contributed by atoms with Crippen LogP contribution in [-0.4, -0.2) is 24.3 Å². The Kier molecular flexibility index (Phi) is 3.71. The van der Waals surface area contributed by atoms with Gasteiger partial charge in [0.1, 0.15) is 12.4 Å². The minimum Gasteiger partial charge on any atom is -0.457 e. The van der Waals surface area contributed by atoms with E-state index in [1.54, 1.807) is 12.1 Å². The Morgan fingerprint density at radius 3 is 2.79 bits per heavy atom. The van der Waals surface area contributed by atoms with Crippen LogP contribution in [0.2, 0.25) is 0 Å². The third-order valence-corrected chi connectivity index (χ3v) is 1.72. The molecule has 0 aliphatic carbocycles. The number of carbonyl (C=O) groups excluding carboxylic acids is 1. The highest BCUT2D eigenvalue weighted by Gasteiger charge is 2.13. The van der Waals surface area contributed by atoms with Crippen LogP contribution in [-0.2, 0) is 4.74 Å². The summed E-state index contributed by atoms with van der Waals surface area (Å²) in [5.41, 5.74) is 0. The summed E-state index contributed by atoms with van der Waals surface area (Å²) in [6, 6.07) is 3.33. The topological polar surface area (TPSA) is 59.7 Å². The fourth-order valence-electron chi connectivity index (χ4n) is 0.982. The number of rotatable bonds is 4. The Morgan fingerprint density at radius 2 is 2.29 bits per heavy atom. The van der Waals surface area contributed by atoms with Crippen molar-refractivity contribution in [2.24, 2.45) is 0 Å². The van der Waals surface area contributed by atoms with Gasteiger partial charge in [0.05, 0.1) is 6.61 Å². The highest BCUT2D eigenvalue weighted by Crippen LogP contribution is 2.17. The molecule has 14 heavy (non-hydrogen) atoms. The Hall–Kier alpha value is -1.29. The molecule has 0 saturated heterocycles. The van der Waals surface area contributed by atoms with Crippen LogP contribution in [0.25, 0.3) is 0 Å². The van der Waals surface area contributed by atoms with E-state index >= 15 is 0 Å². The van der Waals surface area contributed by atoms with Crippen molar-refractivity contribution >= 4 is 5.97 Å². The van der Waals surface area contributed by atoms with Crippen LogP contribution in [0.3, 0.4) is 0 Å². The highest BCUT2D eigenvalue weighted by molar-refractivity contribution is 5.86. The number of hydrogen-bond donors (Lipinski definition) is 1. The zero-order valence-electron chi connectivity index (χ0n) is 8.32. The normalized spacial score (nSPS) is 10.6. The average Bonchev–Trinajstić information content (AvgIpc) is 2.62. The minimum atomic E-state index is -0.536. The minimum absolute atomic E-state index is 0.00343. The van der Waals surface area contributed by atoms with Gasteiger partial charge in [0, 0.05) is 5.92 Å². The Balaban J connectivity index is 2.62. The van der Waals surface area contributed by atoms with Crippen molar-refractivity contribution in [3.8, 4) is 0 Å². The Morgan fingerprint density at radius 1 is 1.57 bits per heavy atom. The number of aliphatic hydroxyl groups is 1. The lowest BCUT2D eigenvalue weighted by Crippen LogP contribution is -2.07. The molecular formula is C10H14O4. The van der Waals surface area contributed by atoms with Crippen molar-refractivity contribution < 1.29 is 19.1 Å². The molecule has 0 spiro atoms. The molecular weight excluding hydrogens is 184 g/mol. The smallest absolute Gasteiger partial charge is 0.374 e. The molecule has 0 unspecified atom stereocenters. The first-order valence-electron chi connectivity index (χ1n) is 4.53. The molecule has 4 nitrogen and oxygen atoms in total. The lowest BCUT2D eigenvalue weighted by atomic mass is 10.2. The molecule has 1 N–H and O–H groups in total. The number of hydrogen-bond acceptors (Lipinski definition) is 4. The van der Waals surface area contributed by atoms with Crippen molar-refractivity contribution in [3.05, 3.63) is 23.7 Å². The van der Waals surface area contributed by atoms with Gasteiger partial charge in [-0.1, -0.05) is 13.8 Å². The van der Waals surface area contributed by atoms with E-state index in [-0.39, 0.29) is 24.9 Å². The van der Waals surface area contributed by atoms with E-state index in [0.29, 0.717) is 0 Å². The van der Waals surface area contributed by atoms with Crippen LogP contribution in [0.15, 0.2) is 16.5 Å². The number of ether oxygens (including phenoxy) is 1. The molecule has 0 aliphatic rings. The van der Waals surface area contributed by atoms with Crippen LogP contribution in [0.4, 0.5) is 0 Å². The third-order valence-electron chi connectivity index (χ3n) is 1.72. The molecule has 0 saturated carbocycles. The summed E-state index contributed by atoms with van der Waals surface area (Å²) in [4.78, 5) is 11.2. The van der Waals surface area contributed by atoms with Crippen molar-refractivity contribution in [3.63, 3.8) is 0 Å². The second-order valence-corrected chi connectivity index (χ2v) is 3.22. The predicted molar refractivity (Wildman–Crippen MR) is 50.2 cm³/mol. The van der Waals surface area contributed by atoms with Gasteiger partial charge >= 0.3 is 5.97 Å². The van der Waals surface area contributed by atoms with Crippen molar-refractivity contribution in [2.45, 2.75) is 19.8 Å². The van der Waals surface area contributed by atoms with Gasteiger partial charge in [0.2, 0.25) is 5.76 Å².